The standard InChI is InChI=1S/C12H20N4O2/c1-9(12(18)15-11-2-3-11)13-6-10-7-14-16(8-10)4-5-17/h7-9,11,13,17H,2-6H2,1H3,(H,15,18). The van der Waals surface area contributed by atoms with Crippen LogP contribution in [-0.4, -0.2) is 39.5 Å². The highest BCUT2D eigenvalue weighted by Gasteiger charge is 2.25. The van der Waals surface area contributed by atoms with Crippen molar-refractivity contribution < 1.29 is 9.90 Å². The molecule has 0 spiro atoms. The third kappa shape index (κ3) is 3.82. The summed E-state index contributed by atoms with van der Waals surface area (Å²) in [6, 6.07) is 0.195. The molecular formula is C12H20N4O2. The van der Waals surface area contributed by atoms with Crippen LogP contribution in [0.15, 0.2) is 12.4 Å². The summed E-state index contributed by atoms with van der Waals surface area (Å²) in [6.07, 6.45) is 5.82. The normalized spacial score (nSPS) is 16.6. The Morgan fingerprint density at radius 3 is 3.11 bits per heavy atom. The smallest absolute Gasteiger partial charge is 0.237 e. The van der Waals surface area contributed by atoms with E-state index in [0.29, 0.717) is 19.1 Å². The lowest BCUT2D eigenvalue weighted by molar-refractivity contribution is -0.122. The van der Waals surface area contributed by atoms with Crippen molar-refractivity contribution in [2.75, 3.05) is 6.61 Å². The van der Waals surface area contributed by atoms with Gasteiger partial charge in [0.2, 0.25) is 5.91 Å². The molecule has 2 rings (SSSR count). The van der Waals surface area contributed by atoms with E-state index < -0.39 is 0 Å². The van der Waals surface area contributed by atoms with Crippen LogP contribution >= 0.6 is 0 Å². The van der Waals surface area contributed by atoms with Crippen LogP contribution in [0.2, 0.25) is 0 Å². The fourth-order valence-corrected chi connectivity index (χ4v) is 1.64. The first kappa shape index (κ1) is 13.0. The molecule has 1 aromatic rings. The molecule has 6 nitrogen and oxygen atoms in total. The van der Waals surface area contributed by atoms with Crippen molar-refractivity contribution in [3.8, 4) is 0 Å². The van der Waals surface area contributed by atoms with Gasteiger partial charge in [-0.05, 0) is 19.8 Å². The Labute approximate surface area is 106 Å². The van der Waals surface area contributed by atoms with E-state index in [1.807, 2.05) is 13.1 Å². The summed E-state index contributed by atoms with van der Waals surface area (Å²) in [5.74, 6) is 0.0558. The van der Waals surface area contributed by atoms with Crippen LogP contribution in [0.25, 0.3) is 0 Å². The topological polar surface area (TPSA) is 79.2 Å². The Kier molecular flexibility index (Phi) is 4.33. The minimum atomic E-state index is -0.202. The maximum Gasteiger partial charge on any atom is 0.237 e. The van der Waals surface area contributed by atoms with Crippen molar-refractivity contribution in [1.29, 1.82) is 0 Å². The zero-order chi connectivity index (χ0) is 13.0. The van der Waals surface area contributed by atoms with Gasteiger partial charge in [0, 0.05) is 24.3 Å². The Hall–Kier alpha value is -1.40. The summed E-state index contributed by atoms with van der Waals surface area (Å²) in [6.45, 7) is 3.03. The van der Waals surface area contributed by atoms with Crippen molar-refractivity contribution in [3.05, 3.63) is 18.0 Å². The average Bonchev–Trinajstić information content (AvgIpc) is 3.05. The van der Waals surface area contributed by atoms with Crippen molar-refractivity contribution in [1.82, 2.24) is 20.4 Å². The first-order valence-electron chi connectivity index (χ1n) is 6.35. The van der Waals surface area contributed by atoms with Crippen LogP contribution in [0.1, 0.15) is 25.3 Å². The van der Waals surface area contributed by atoms with Gasteiger partial charge in [0.05, 0.1) is 25.4 Å². The Balaban J connectivity index is 1.73. The largest absolute Gasteiger partial charge is 0.394 e. The fraction of sp³-hybridized carbons (Fsp3) is 0.667. The van der Waals surface area contributed by atoms with E-state index in [0.717, 1.165) is 18.4 Å². The number of hydrogen-bond acceptors (Lipinski definition) is 4. The molecule has 1 saturated carbocycles. The Bertz CT molecular complexity index is 401. The van der Waals surface area contributed by atoms with E-state index in [-0.39, 0.29) is 18.6 Å². The monoisotopic (exact) mass is 252 g/mol. The maximum absolute atomic E-state index is 11.7. The number of rotatable bonds is 7. The molecule has 1 amide bonds. The van der Waals surface area contributed by atoms with Gasteiger partial charge in [0.15, 0.2) is 0 Å². The van der Waals surface area contributed by atoms with Crippen molar-refractivity contribution in [3.63, 3.8) is 0 Å². The molecule has 6 heteroatoms. The molecule has 1 aromatic heterocycles. The van der Waals surface area contributed by atoms with Crippen molar-refractivity contribution >= 4 is 5.91 Å². The van der Waals surface area contributed by atoms with Gasteiger partial charge in [-0.25, -0.2) is 0 Å². The van der Waals surface area contributed by atoms with Gasteiger partial charge >= 0.3 is 0 Å². The molecule has 1 unspecified atom stereocenters. The van der Waals surface area contributed by atoms with Crippen LogP contribution in [0.4, 0.5) is 0 Å². The molecule has 100 valence electrons. The summed E-state index contributed by atoms with van der Waals surface area (Å²) < 4.78 is 1.69. The molecule has 0 aromatic carbocycles. The molecule has 1 aliphatic rings. The van der Waals surface area contributed by atoms with E-state index >= 15 is 0 Å². The summed E-state index contributed by atoms with van der Waals surface area (Å²) >= 11 is 0. The van der Waals surface area contributed by atoms with E-state index in [9.17, 15) is 4.79 Å². The summed E-state index contributed by atoms with van der Waals surface area (Å²) in [7, 11) is 0. The van der Waals surface area contributed by atoms with E-state index in [4.69, 9.17) is 5.11 Å². The zero-order valence-electron chi connectivity index (χ0n) is 10.6. The molecule has 0 radical (unpaired) electrons. The van der Waals surface area contributed by atoms with Crippen LogP contribution in [0, 0.1) is 0 Å². The number of aromatic nitrogens is 2. The summed E-state index contributed by atoms with van der Waals surface area (Å²) in [5.41, 5.74) is 1.01. The first-order chi connectivity index (χ1) is 8.69. The SMILES string of the molecule is CC(NCc1cnn(CCO)c1)C(=O)NC1CC1. The summed E-state index contributed by atoms with van der Waals surface area (Å²) in [4.78, 5) is 11.7. The highest BCUT2D eigenvalue weighted by atomic mass is 16.3. The molecule has 1 aliphatic carbocycles. The average molecular weight is 252 g/mol. The third-order valence-electron chi connectivity index (χ3n) is 2.95. The van der Waals surface area contributed by atoms with E-state index in [2.05, 4.69) is 15.7 Å². The Morgan fingerprint density at radius 1 is 1.67 bits per heavy atom. The number of carbonyl (C=O) groups is 1. The molecule has 1 heterocycles. The van der Waals surface area contributed by atoms with Gasteiger partial charge in [0.25, 0.3) is 0 Å². The predicted octanol–water partition coefficient (Wildman–Crippen LogP) is -0.368. The predicted molar refractivity (Wildman–Crippen MR) is 66.8 cm³/mol. The van der Waals surface area contributed by atoms with Gasteiger partial charge < -0.3 is 15.7 Å². The number of nitrogens with zero attached hydrogens (tertiary/aromatic N) is 2. The van der Waals surface area contributed by atoms with Crippen LogP contribution in [-0.2, 0) is 17.9 Å². The number of amides is 1. The highest BCUT2D eigenvalue weighted by molar-refractivity contribution is 5.81. The first-order valence-corrected chi connectivity index (χ1v) is 6.35. The minimum Gasteiger partial charge on any atom is -0.394 e. The second kappa shape index (κ2) is 5.97. The molecule has 0 saturated heterocycles. The van der Waals surface area contributed by atoms with Gasteiger partial charge in [-0.2, -0.15) is 5.10 Å². The van der Waals surface area contributed by atoms with E-state index in [1.165, 1.54) is 0 Å². The number of aliphatic hydroxyl groups excluding tert-OH is 1. The second-order valence-corrected chi connectivity index (χ2v) is 4.72. The molecular weight excluding hydrogens is 232 g/mol. The van der Waals surface area contributed by atoms with Gasteiger partial charge in [0.1, 0.15) is 0 Å². The van der Waals surface area contributed by atoms with Crippen molar-refractivity contribution in [2.24, 2.45) is 0 Å². The molecule has 0 aliphatic heterocycles. The fourth-order valence-electron chi connectivity index (χ4n) is 1.64. The van der Waals surface area contributed by atoms with Gasteiger partial charge in [-0.1, -0.05) is 0 Å². The van der Waals surface area contributed by atoms with Gasteiger partial charge in [-0.15, -0.1) is 0 Å². The summed E-state index contributed by atoms with van der Waals surface area (Å²) in [5, 5.41) is 19.0. The van der Waals surface area contributed by atoms with Crippen molar-refractivity contribution in [2.45, 2.75) is 44.9 Å². The molecule has 18 heavy (non-hydrogen) atoms. The Morgan fingerprint density at radius 2 is 2.44 bits per heavy atom. The molecule has 1 atom stereocenters. The number of carbonyl (C=O) groups excluding carboxylic acids is 1. The van der Waals surface area contributed by atoms with Crippen LogP contribution in [0.5, 0.6) is 0 Å². The van der Waals surface area contributed by atoms with Crippen LogP contribution < -0.4 is 10.6 Å². The molecule has 3 N–H and O–H groups in total. The lowest BCUT2D eigenvalue weighted by Crippen LogP contribution is -2.42. The molecule has 0 bridgehead atoms. The lowest BCUT2D eigenvalue weighted by Gasteiger charge is -2.12. The zero-order valence-corrected chi connectivity index (χ0v) is 10.6. The van der Waals surface area contributed by atoms with Gasteiger partial charge in [-0.3, -0.25) is 9.48 Å². The second-order valence-electron chi connectivity index (χ2n) is 4.72. The molecule has 1 fully saturated rings. The van der Waals surface area contributed by atoms with Crippen LogP contribution in [0.3, 0.4) is 0 Å². The quantitative estimate of drug-likeness (QED) is 0.619. The number of hydrogen-bond donors (Lipinski definition) is 3. The van der Waals surface area contributed by atoms with E-state index in [1.54, 1.807) is 10.9 Å². The number of nitrogens with one attached hydrogen (secondary N) is 2. The minimum absolute atomic E-state index is 0.0558. The third-order valence-corrected chi connectivity index (χ3v) is 2.95. The lowest BCUT2D eigenvalue weighted by atomic mass is 10.2. The highest BCUT2D eigenvalue weighted by Crippen LogP contribution is 2.18. The maximum atomic E-state index is 11.7. The number of aliphatic hydroxyl groups is 1.